The third kappa shape index (κ3) is 5.79. The fourth-order valence-corrected chi connectivity index (χ4v) is 5.02. The molecule has 2 aromatic rings. The Hall–Kier alpha value is -3.96. The molecule has 202 valence electrons. The number of amides is 2. The molecule has 0 unspecified atom stereocenters. The Morgan fingerprint density at radius 2 is 1.39 bits per heavy atom. The van der Waals surface area contributed by atoms with E-state index >= 15 is 0 Å². The highest BCUT2D eigenvalue weighted by atomic mass is 16.6. The van der Waals surface area contributed by atoms with Gasteiger partial charge in [-0.25, -0.2) is 4.79 Å². The van der Waals surface area contributed by atoms with Gasteiger partial charge in [0.25, 0.3) is 0 Å². The maximum Gasteiger partial charge on any atom is 0.409 e. The Morgan fingerprint density at radius 3 is 1.92 bits per heavy atom. The number of aliphatic hydroxyl groups excluding tert-OH is 1. The van der Waals surface area contributed by atoms with E-state index in [-0.39, 0.29) is 12.5 Å². The molecule has 0 bridgehead atoms. The van der Waals surface area contributed by atoms with Gasteiger partial charge in [0.05, 0.1) is 6.61 Å². The van der Waals surface area contributed by atoms with E-state index in [4.69, 9.17) is 18.9 Å². The van der Waals surface area contributed by atoms with Crippen molar-refractivity contribution in [2.75, 3.05) is 13.2 Å². The first-order chi connectivity index (χ1) is 18.2. The van der Waals surface area contributed by atoms with Crippen molar-refractivity contribution in [1.29, 1.82) is 0 Å². The number of rotatable bonds is 7. The van der Waals surface area contributed by atoms with E-state index in [0.717, 1.165) is 36.1 Å². The van der Waals surface area contributed by atoms with Gasteiger partial charge < -0.3 is 29.4 Å². The number of hydrogen-bond donors (Lipinski definition) is 3. The molecule has 11 nitrogen and oxygen atoms in total. The minimum Gasteiger partial charge on any atom is -0.456 e. The second-order valence-electron chi connectivity index (χ2n) is 9.12. The maximum atomic E-state index is 12.9. The van der Waals surface area contributed by atoms with Crippen LogP contribution in [0.3, 0.4) is 0 Å². The molecule has 1 fully saturated rings. The summed E-state index contributed by atoms with van der Waals surface area (Å²) < 4.78 is 22.0. The van der Waals surface area contributed by atoms with Crippen molar-refractivity contribution in [3.63, 3.8) is 0 Å². The van der Waals surface area contributed by atoms with Crippen LogP contribution in [0.15, 0.2) is 48.5 Å². The lowest BCUT2D eigenvalue weighted by Crippen LogP contribution is -2.69. The van der Waals surface area contributed by atoms with Gasteiger partial charge in [-0.05, 0) is 22.3 Å². The van der Waals surface area contributed by atoms with Crippen LogP contribution in [0.5, 0.6) is 0 Å². The molecule has 2 amide bonds. The van der Waals surface area contributed by atoms with Crippen LogP contribution in [-0.2, 0) is 33.3 Å². The summed E-state index contributed by atoms with van der Waals surface area (Å²) in [5.41, 5.74) is 4.21. The molecule has 1 aliphatic heterocycles. The molecule has 38 heavy (non-hydrogen) atoms. The van der Waals surface area contributed by atoms with Crippen LogP contribution in [0.2, 0.25) is 0 Å². The number of carbonyl (C=O) groups is 4. The monoisotopic (exact) mass is 526 g/mol. The number of benzene rings is 2. The Balaban J connectivity index is 1.52. The molecular formula is C27H30N2O9. The van der Waals surface area contributed by atoms with E-state index in [9.17, 15) is 24.3 Å². The highest BCUT2D eigenvalue weighted by Gasteiger charge is 2.50. The average Bonchev–Trinajstić information content (AvgIpc) is 3.19. The molecular weight excluding hydrogens is 496 g/mol. The van der Waals surface area contributed by atoms with Gasteiger partial charge in [-0.2, -0.15) is 0 Å². The van der Waals surface area contributed by atoms with Crippen molar-refractivity contribution < 1.29 is 43.2 Å². The van der Waals surface area contributed by atoms with Gasteiger partial charge in [-0.3, -0.25) is 19.7 Å². The highest BCUT2D eigenvalue weighted by molar-refractivity contribution is 5.79. The van der Waals surface area contributed by atoms with Gasteiger partial charge in [-0.15, -0.1) is 0 Å². The normalized spacial score (nSPS) is 23.9. The fraction of sp³-hybridized carbons (Fsp3) is 0.407. The minimum absolute atomic E-state index is 0.0320. The summed E-state index contributed by atoms with van der Waals surface area (Å²) in [4.78, 5) is 48.5. The SMILES string of the molecule is CC(=O)N[C@@H]1[C@@H](OC(C)=O)[C@H](OC(C)=O)[C@@H](CO)O[C@H]1NC(=O)OCC1c2ccccc2-c2ccccc21. The Morgan fingerprint density at radius 1 is 0.842 bits per heavy atom. The Labute approximate surface area is 219 Å². The molecule has 2 aliphatic rings. The number of carbonyl (C=O) groups excluding carboxylic acids is 4. The number of aliphatic hydroxyl groups is 1. The van der Waals surface area contributed by atoms with Gasteiger partial charge >= 0.3 is 18.0 Å². The van der Waals surface area contributed by atoms with Gasteiger partial charge in [0, 0.05) is 26.7 Å². The second kappa shape index (κ2) is 11.6. The number of fused-ring (bicyclic) bond motifs is 3. The van der Waals surface area contributed by atoms with Crippen molar-refractivity contribution in [3.8, 4) is 11.1 Å². The molecule has 0 saturated carbocycles. The summed E-state index contributed by atoms with van der Waals surface area (Å²) >= 11 is 0. The molecule has 1 aliphatic carbocycles. The van der Waals surface area contributed by atoms with E-state index in [1.807, 2.05) is 48.5 Å². The zero-order valence-corrected chi connectivity index (χ0v) is 21.2. The first kappa shape index (κ1) is 27.1. The van der Waals surface area contributed by atoms with Gasteiger partial charge in [0.2, 0.25) is 5.91 Å². The van der Waals surface area contributed by atoms with Crippen molar-refractivity contribution >= 4 is 23.9 Å². The van der Waals surface area contributed by atoms with Crippen LogP contribution in [0.25, 0.3) is 11.1 Å². The smallest absolute Gasteiger partial charge is 0.409 e. The summed E-state index contributed by atoms with van der Waals surface area (Å²) in [5, 5.41) is 15.0. The van der Waals surface area contributed by atoms with Crippen LogP contribution in [-0.4, -0.2) is 72.8 Å². The molecule has 5 atom stereocenters. The average molecular weight is 527 g/mol. The molecule has 11 heteroatoms. The van der Waals surface area contributed by atoms with Crippen LogP contribution < -0.4 is 10.6 Å². The number of hydrogen-bond acceptors (Lipinski definition) is 9. The number of ether oxygens (including phenoxy) is 4. The first-order valence-corrected chi connectivity index (χ1v) is 12.2. The van der Waals surface area contributed by atoms with E-state index in [2.05, 4.69) is 10.6 Å². The highest BCUT2D eigenvalue weighted by Crippen LogP contribution is 2.44. The molecule has 1 heterocycles. The van der Waals surface area contributed by atoms with Crippen molar-refractivity contribution in [1.82, 2.24) is 10.6 Å². The number of nitrogens with one attached hydrogen (secondary N) is 2. The summed E-state index contributed by atoms with van der Waals surface area (Å²) in [7, 11) is 0. The predicted octanol–water partition coefficient (Wildman–Crippen LogP) is 1.61. The van der Waals surface area contributed by atoms with Crippen LogP contribution in [0.4, 0.5) is 4.79 Å². The molecule has 0 aromatic heterocycles. The maximum absolute atomic E-state index is 12.9. The van der Waals surface area contributed by atoms with Crippen LogP contribution in [0, 0.1) is 0 Å². The quantitative estimate of drug-likeness (QED) is 0.361. The number of alkyl carbamates (subject to hydrolysis) is 1. The third-order valence-electron chi connectivity index (χ3n) is 6.45. The van der Waals surface area contributed by atoms with Crippen molar-refractivity contribution in [2.24, 2.45) is 0 Å². The predicted molar refractivity (Wildman–Crippen MR) is 133 cm³/mol. The minimum atomic E-state index is -1.28. The molecule has 0 radical (unpaired) electrons. The molecule has 3 N–H and O–H groups in total. The molecule has 1 saturated heterocycles. The first-order valence-electron chi connectivity index (χ1n) is 12.2. The molecule has 0 spiro atoms. The Bertz CT molecular complexity index is 1170. The van der Waals surface area contributed by atoms with E-state index in [1.165, 1.54) is 6.92 Å². The standard InChI is InChI=1S/C27H30N2O9/c1-14(31)28-23-25(37-16(3)33)24(36-15(2)32)22(12-30)38-26(23)29-27(34)35-13-21-19-10-6-4-8-17(19)18-9-5-7-11-20(18)21/h4-11,21-26,30H,12-13H2,1-3H3,(H,28,31)(H,29,34)/t22-,23-,24-,25-,26-/m1/s1. The van der Waals surface area contributed by atoms with Crippen LogP contribution >= 0.6 is 0 Å². The molecule has 2 aromatic carbocycles. The second-order valence-corrected chi connectivity index (χ2v) is 9.12. The Kier molecular flexibility index (Phi) is 8.28. The lowest BCUT2D eigenvalue weighted by atomic mass is 9.95. The zero-order valence-electron chi connectivity index (χ0n) is 21.2. The molecule has 4 rings (SSSR count). The third-order valence-corrected chi connectivity index (χ3v) is 6.45. The lowest BCUT2D eigenvalue weighted by Gasteiger charge is -2.45. The van der Waals surface area contributed by atoms with E-state index in [1.54, 1.807) is 0 Å². The van der Waals surface area contributed by atoms with Crippen LogP contribution in [0.1, 0.15) is 37.8 Å². The zero-order chi connectivity index (χ0) is 27.4. The van der Waals surface area contributed by atoms with Gasteiger partial charge in [-0.1, -0.05) is 48.5 Å². The summed E-state index contributed by atoms with van der Waals surface area (Å²) in [5.74, 6) is -2.13. The summed E-state index contributed by atoms with van der Waals surface area (Å²) in [6.07, 6.45) is -5.78. The van der Waals surface area contributed by atoms with Crippen molar-refractivity contribution in [2.45, 2.75) is 57.3 Å². The number of esters is 2. The lowest BCUT2D eigenvalue weighted by molar-refractivity contribution is -0.224. The van der Waals surface area contributed by atoms with E-state index in [0.29, 0.717) is 0 Å². The fourth-order valence-electron chi connectivity index (χ4n) is 5.02. The van der Waals surface area contributed by atoms with Crippen molar-refractivity contribution in [3.05, 3.63) is 59.7 Å². The largest absolute Gasteiger partial charge is 0.456 e. The summed E-state index contributed by atoms with van der Waals surface area (Å²) in [6, 6.07) is 14.6. The summed E-state index contributed by atoms with van der Waals surface area (Å²) in [6.45, 7) is 2.94. The van der Waals surface area contributed by atoms with E-state index < -0.39 is 61.1 Å². The van der Waals surface area contributed by atoms with Gasteiger partial charge in [0.15, 0.2) is 18.4 Å². The topological polar surface area (TPSA) is 149 Å². The van der Waals surface area contributed by atoms with Gasteiger partial charge in [0.1, 0.15) is 18.8 Å².